The lowest BCUT2D eigenvalue weighted by Gasteiger charge is -2.24. The van der Waals surface area contributed by atoms with Gasteiger partial charge in [0.15, 0.2) is 11.6 Å². The summed E-state index contributed by atoms with van der Waals surface area (Å²) in [4.78, 5) is 9.05. The molecule has 0 saturated carbocycles. The topological polar surface area (TPSA) is 94.2 Å². The Morgan fingerprint density at radius 2 is 2.03 bits per heavy atom. The van der Waals surface area contributed by atoms with Crippen molar-refractivity contribution in [1.29, 1.82) is 0 Å². The number of aryl methyl sites for hydroxylation is 1. The lowest BCUT2D eigenvalue weighted by atomic mass is 10.0. The van der Waals surface area contributed by atoms with E-state index in [0.29, 0.717) is 30.0 Å². The van der Waals surface area contributed by atoms with Crippen molar-refractivity contribution in [3.05, 3.63) is 59.5 Å². The maximum Gasteiger partial charge on any atom is 0.237 e. The molecule has 8 nitrogen and oxygen atoms in total. The smallest absolute Gasteiger partial charge is 0.237 e. The maximum atomic E-state index is 6.21. The first-order valence-corrected chi connectivity index (χ1v) is 10.7. The summed E-state index contributed by atoms with van der Waals surface area (Å²) in [6.07, 6.45) is 2.24. The van der Waals surface area contributed by atoms with Gasteiger partial charge in [-0.3, -0.25) is 10.1 Å². The highest BCUT2D eigenvalue weighted by Crippen LogP contribution is 2.26. The summed E-state index contributed by atoms with van der Waals surface area (Å²) in [5.41, 5.74) is 2.92. The van der Waals surface area contributed by atoms with Gasteiger partial charge >= 0.3 is 0 Å². The number of ether oxygens (including phenoxy) is 3. The fourth-order valence-electron chi connectivity index (χ4n) is 3.32. The number of nitrogens with zero attached hydrogens (tertiary/aromatic N) is 3. The summed E-state index contributed by atoms with van der Waals surface area (Å²) in [7, 11) is 0. The first-order chi connectivity index (χ1) is 15.1. The molecule has 0 bridgehead atoms. The van der Waals surface area contributed by atoms with Gasteiger partial charge < -0.3 is 19.5 Å². The van der Waals surface area contributed by atoms with Crippen LogP contribution in [0.2, 0.25) is 0 Å². The standard InChI is InChI=1S/C23H29N5O3/c1-4-20(16(3)30-12-17-8-6-5-7-9-17)31-23-15(2)24-11-22(26-23)25-21-10-19(27-28-21)18-13-29-14-18/h5-11,16,18,20H,4,12-14H2,1-3H3,(H2,25,26,27,28)/t16-,20-/m1/s1. The number of hydrogen-bond acceptors (Lipinski definition) is 7. The largest absolute Gasteiger partial charge is 0.470 e. The zero-order chi connectivity index (χ0) is 21.6. The molecular formula is C23H29N5O3. The van der Waals surface area contributed by atoms with Gasteiger partial charge in [-0.2, -0.15) is 10.1 Å². The number of aromatic nitrogens is 4. The molecule has 8 heteroatoms. The van der Waals surface area contributed by atoms with Crippen molar-refractivity contribution >= 4 is 11.6 Å². The van der Waals surface area contributed by atoms with Crippen LogP contribution in [0.15, 0.2) is 42.6 Å². The highest BCUT2D eigenvalue weighted by Gasteiger charge is 2.23. The molecule has 0 radical (unpaired) electrons. The van der Waals surface area contributed by atoms with E-state index in [-0.39, 0.29) is 12.2 Å². The zero-order valence-corrected chi connectivity index (χ0v) is 18.2. The third-order valence-corrected chi connectivity index (χ3v) is 5.39. The number of rotatable bonds is 10. The van der Waals surface area contributed by atoms with Crippen LogP contribution in [0.5, 0.6) is 5.88 Å². The third kappa shape index (κ3) is 5.39. The summed E-state index contributed by atoms with van der Waals surface area (Å²) in [5.74, 6) is 2.15. The normalized spacial score (nSPS) is 15.8. The fraction of sp³-hybridized carbons (Fsp3) is 0.435. The summed E-state index contributed by atoms with van der Waals surface area (Å²) in [6, 6.07) is 12.1. The molecular weight excluding hydrogens is 394 g/mol. The number of H-pyrrole nitrogens is 1. The predicted molar refractivity (Wildman–Crippen MR) is 118 cm³/mol. The molecule has 164 valence electrons. The van der Waals surface area contributed by atoms with Crippen molar-refractivity contribution in [2.75, 3.05) is 18.5 Å². The quantitative estimate of drug-likeness (QED) is 0.506. The Labute approximate surface area is 182 Å². The van der Waals surface area contributed by atoms with Gasteiger partial charge in [-0.15, -0.1) is 0 Å². The van der Waals surface area contributed by atoms with Crippen LogP contribution in [-0.4, -0.2) is 45.6 Å². The number of aromatic amines is 1. The Hall–Kier alpha value is -2.97. The molecule has 1 aliphatic heterocycles. The van der Waals surface area contributed by atoms with Gasteiger partial charge in [0, 0.05) is 17.7 Å². The molecule has 2 N–H and O–H groups in total. The third-order valence-electron chi connectivity index (χ3n) is 5.39. The first kappa shape index (κ1) is 21.3. The molecule has 4 rings (SSSR count). The van der Waals surface area contributed by atoms with Crippen LogP contribution < -0.4 is 10.1 Å². The van der Waals surface area contributed by atoms with Crippen LogP contribution in [0.1, 0.15) is 43.1 Å². The second-order valence-corrected chi connectivity index (χ2v) is 7.78. The van der Waals surface area contributed by atoms with E-state index >= 15 is 0 Å². The second kappa shape index (κ2) is 9.89. The molecule has 2 aromatic heterocycles. The minimum Gasteiger partial charge on any atom is -0.470 e. The SMILES string of the molecule is CC[C@@H](Oc1nc(Nc2cc(C3COC3)[nH]n2)cnc1C)[C@@H](C)OCc1ccccc1. The Balaban J connectivity index is 1.38. The highest BCUT2D eigenvalue weighted by atomic mass is 16.5. The van der Waals surface area contributed by atoms with Crippen molar-refractivity contribution in [3.8, 4) is 5.88 Å². The van der Waals surface area contributed by atoms with Gasteiger partial charge in [0.05, 0.1) is 37.8 Å². The van der Waals surface area contributed by atoms with E-state index in [0.717, 1.165) is 36.6 Å². The minimum atomic E-state index is -0.137. The van der Waals surface area contributed by atoms with E-state index in [9.17, 15) is 0 Å². The molecule has 1 aromatic carbocycles. The molecule has 3 heterocycles. The molecule has 0 aliphatic carbocycles. The van der Waals surface area contributed by atoms with Crippen molar-refractivity contribution in [3.63, 3.8) is 0 Å². The average Bonchev–Trinajstić information content (AvgIpc) is 3.19. The Kier molecular flexibility index (Phi) is 6.79. The highest BCUT2D eigenvalue weighted by molar-refractivity contribution is 5.52. The first-order valence-electron chi connectivity index (χ1n) is 10.7. The van der Waals surface area contributed by atoms with E-state index in [1.807, 2.05) is 38.1 Å². The molecule has 0 amide bonds. The molecule has 1 saturated heterocycles. The van der Waals surface area contributed by atoms with Gasteiger partial charge in [-0.25, -0.2) is 0 Å². The molecule has 0 unspecified atom stereocenters. The molecule has 0 spiro atoms. The molecule has 3 aromatic rings. The lowest BCUT2D eigenvalue weighted by molar-refractivity contribution is -0.0268. The zero-order valence-electron chi connectivity index (χ0n) is 18.2. The molecule has 1 aliphatic rings. The van der Waals surface area contributed by atoms with E-state index in [4.69, 9.17) is 14.2 Å². The van der Waals surface area contributed by atoms with E-state index in [1.165, 1.54) is 0 Å². The second-order valence-electron chi connectivity index (χ2n) is 7.78. The molecule has 1 fully saturated rings. The van der Waals surface area contributed by atoms with Gasteiger partial charge in [-0.1, -0.05) is 37.3 Å². The van der Waals surface area contributed by atoms with E-state index in [2.05, 4.69) is 44.5 Å². The Morgan fingerprint density at radius 1 is 1.23 bits per heavy atom. The number of hydrogen-bond donors (Lipinski definition) is 2. The van der Waals surface area contributed by atoms with Gasteiger partial charge in [0.25, 0.3) is 0 Å². The summed E-state index contributed by atoms with van der Waals surface area (Å²) in [6.45, 7) is 7.99. The number of nitrogens with one attached hydrogen (secondary N) is 2. The summed E-state index contributed by atoms with van der Waals surface area (Å²) < 4.78 is 17.5. The lowest BCUT2D eigenvalue weighted by Crippen LogP contribution is -2.31. The van der Waals surface area contributed by atoms with Crippen LogP contribution in [0.4, 0.5) is 11.6 Å². The van der Waals surface area contributed by atoms with Crippen LogP contribution in [-0.2, 0) is 16.1 Å². The Morgan fingerprint density at radius 3 is 2.74 bits per heavy atom. The van der Waals surface area contributed by atoms with Gasteiger partial charge in [0.2, 0.25) is 5.88 Å². The molecule has 2 atom stereocenters. The van der Waals surface area contributed by atoms with Gasteiger partial charge in [0.1, 0.15) is 6.10 Å². The van der Waals surface area contributed by atoms with Gasteiger partial charge in [-0.05, 0) is 25.8 Å². The fourth-order valence-corrected chi connectivity index (χ4v) is 3.32. The van der Waals surface area contributed by atoms with Crippen LogP contribution in [0.25, 0.3) is 0 Å². The maximum absolute atomic E-state index is 6.21. The van der Waals surface area contributed by atoms with Crippen molar-refractivity contribution < 1.29 is 14.2 Å². The van der Waals surface area contributed by atoms with E-state index in [1.54, 1.807) is 6.20 Å². The predicted octanol–water partition coefficient (Wildman–Crippen LogP) is 4.13. The summed E-state index contributed by atoms with van der Waals surface area (Å²) >= 11 is 0. The van der Waals surface area contributed by atoms with Crippen LogP contribution in [0, 0.1) is 6.92 Å². The van der Waals surface area contributed by atoms with Crippen LogP contribution in [0.3, 0.4) is 0 Å². The monoisotopic (exact) mass is 423 g/mol. The minimum absolute atomic E-state index is 0.0957. The summed E-state index contributed by atoms with van der Waals surface area (Å²) in [5, 5.41) is 10.5. The van der Waals surface area contributed by atoms with Crippen molar-refractivity contribution in [2.45, 2.75) is 51.9 Å². The van der Waals surface area contributed by atoms with Crippen LogP contribution >= 0.6 is 0 Å². The molecule has 31 heavy (non-hydrogen) atoms. The van der Waals surface area contributed by atoms with E-state index < -0.39 is 0 Å². The Bertz CT molecular complexity index is 974. The number of benzene rings is 1. The van der Waals surface area contributed by atoms with Crippen molar-refractivity contribution in [2.24, 2.45) is 0 Å². The average molecular weight is 424 g/mol. The number of anilines is 2. The van der Waals surface area contributed by atoms with Crippen molar-refractivity contribution in [1.82, 2.24) is 20.2 Å².